The first-order chi connectivity index (χ1) is 9.81. The van der Waals surface area contributed by atoms with Crippen LogP contribution in [0.1, 0.15) is 18.7 Å². The molecule has 0 bridgehead atoms. The maximum Gasteiger partial charge on any atom is 0.132 e. The molecule has 0 saturated carbocycles. The summed E-state index contributed by atoms with van der Waals surface area (Å²) in [5.74, 6) is 2.84. The van der Waals surface area contributed by atoms with Gasteiger partial charge in [-0.25, -0.2) is 9.97 Å². The number of halogens is 3. The van der Waals surface area contributed by atoms with Crippen LogP contribution in [0.25, 0.3) is 0 Å². The largest absolute Gasteiger partial charge is 0.354 e. The number of hydrogen-bond acceptors (Lipinski definition) is 5. The molecule has 0 unspecified atom stereocenters. The summed E-state index contributed by atoms with van der Waals surface area (Å²) < 4.78 is 0. The van der Waals surface area contributed by atoms with Gasteiger partial charge in [0.05, 0.1) is 0 Å². The summed E-state index contributed by atoms with van der Waals surface area (Å²) in [6.45, 7) is 10.1. The molecule has 1 N–H and O–H groups in total. The van der Waals surface area contributed by atoms with Gasteiger partial charge in [-0.15, -0.1) is 37.2 Å². The minimum absolute atomic E-state index is 0. The highest BCUT2D eigenvalue weighted by Crippen LogP contribution is 2.17. The van der Waals surface area contributed by atoms with Gasteiger partial charge >= 0.3 is 0 Å². The number of aryl methyl sites for hydroxylation is 1. The molecule has 2 fully saturated rings. The van der Waals surface area contributed by atoms with Crippen molar-refractivity contribution < 1.29 is 0 Å². The molecule has 3 heterocycles. The molecule has 2 aliphatic heterocycles. The van der Waals surface area contributed by atoms with Crippen molar-refractivity contribution in [2.45, 2.75) is 19.8 Å². The van der Waals surface area contributed by atoms with Crippen LogP contribution in [0.2, 0.25) is 0 Å². The zero-order valence-corrected chi connectivity index (χ0v) is 16.1. The molecule has 0 amide bonds. The van der Waals surface area contributed by atoms with Crippen molar-refractivity contribution in [3.05, 3.63) is 18.1 Å². The van der Waals surface area contributed by atoms with E-state index in [-0.39, 0.29) is 37.2 Å². The maximum atomic E-state index is 4.53. The van der Waals surface area contributed by atoms with E-state index in [1.807, 2.05) is 19.2 Å². The van der Waals surface area contributed by atoms with E-state index in [4.69, 9.17) is 0 Å². The lowest BCUT2D eigenvalue weighted by Gasteiger charge is -2.37. The SMILES string of the molecule is Cc1nccc(N2CCN(CC3CCNCC3)CC2)n1.Cl.Cl.Cl. The normalized spacial score (nSPS) is 19.3. The van der Waals surface area contributed by atoms with Gasteiger partial charge in [0.15, 0.2) is 0 Å². The first-order valence-electron chi connectivity index (χ1n) is 7.79. The average molecular weight is 385 g/mol. The number of nitrogens with zero attached hydrogens (tertiary/aromatic N) is 4. The quantitative estimate of drug-likeness (QED) is 0.865. The van der Waals surface area contributed by atoms with Gasteiger partial charge < -0.3 is 10.2 Å². The van der Waals surface area contributed by atoms with Crippen LogP contribution < -0.4 is 10.2 Å². The van der Waals surface area contributed by atoms with Crippen molar-refractivity contribution in [3.8, 4) is 0 Å². The van der Waals surface area contributed by atoms with Gasteiger partial charge in [0.2, 0.25) is 0 Å². The minimum atomic E-state index is 0. The average Bonchev–Trinajstić information content (AvgIpc) is 2.49. The monoisotopic (exact) mass is 383 g/mol. The molecule has 0 radical (unpaired) electrons. The van der Waals surface area contributed by atoms with Crippen LogP contribution in [0, 0.1) is 12.8 Å². The summed E-state index contributed by atoms with van der Waals surface area (Å²) in [6, 6.07) is 2.02. The fourth-order valence-corrected chi connectivity index (χ4v) is 3.21. The van der Waals surface area contributed by atoms with Crippen LogP contribution in [0.4, 0.5) is 5.82 Å². The van der Waals surface area contributed by atoms with Crippen LogP contribution in [-0.2, 0) is 0 Å². The van der Waals surface area contributed by atoms with Gasteiger partial charge in [-0.1, -0.05) is 0 Å². The van der Waals surface area contributed by atoms with E-state index in [1.54, 1.807) is 0 Å². The van der Waals surface area contributed by atoms with Crippen molar-refractivity contribution in [1.29, 1.82) is 0 Å². The van der Waals surface area contributed by atoms with Crippen LogP contribution in [0.5, 0.6) is 0 Å². The number of nitrogens with one attached hydrogen (secondary N) is 1. The van der Waals surface area contributed by atoms with Gasteiger partial charge in [-0.05, 0) is 44.8 Å². The number of piperazine rings is 1. The number of anilines is 1. The number of hydrogen-bond donors (Lipinski definition) is 1. The molecule has 23 heavy (non-hydrogen) atoms. The molecule has 2 saturated heterocycles. The zero-order chi connectivity index (χ0) is 13.8. The Kier molecular flexibility index (Phi) is 11.1. The Labute approximate surface area is 157 Å². The standard InChI is InChI=1S/C15H25N5.3ClH/c1-13-17-7-4-15(18-13)20-10-8-19(9-11-20)12-14-2-5-16-6-3-14;;;/h4,7,14,16H,2-3,5-6,8-12H2,1H3;3*1H. The summed E-state index contributed by atoms with van der Waals surface area (Å²) in [4.78, 5) is 13.7. The van der Waals surface area contributed by atoms with E-state index in [2.05, 4.69) is 25.1 Å². The fraction of sp³-hybridized carbons (Fsp3) is 0.733. The first-order valence-corrected chi connectivity index (χ1v) is 7.79. The van der Waals surface area contributed by atoms with Gasteiger partial charge in [-0.3, -0.25) is 4.90 Å². The van der Waals surface area contributed by atoms with Crippen LogP contribution in [0.15, 0.2) is 12.3 Å². The van der Waals surface area contributed by atoms with E-state index in [9.17, 15) is 0 Å². The molecule has 0 spiro atoms. The Hall–Kier alpha value is -0.330. The Morgan fingerprint density at radius 1 is 1.09 bits per heavy atom. The molecule has 3 rings (SSSR count). The Morgan fingerprint density at radius 3 is 2.35 bits per heavy atom. The highest BCUT2D eigenvalue weighted by Gasteiger charge is 2.21. The molecule has 5 nitrogen and oxygen atoms in total. The van der Waals surface area contributed by atoms with Gasteiger partial charge in [0.1, 0.15) is 11.6 Å². The van der Waals surface area contributed by atoms with Crippen molar-refractivity contribution in [1.82, 2.24) is 20.2 Å². The Bertz CT molecular complexity index is 435. The van der Waals surface area contributed by atoms with Crippen molar-refractivity contribution in [3.63, 3.8) is 0 Å². The smallest absolute Gasteiger partial charge is 0.132 e. The third kappa shape index (κ3) is 6.59. The highest BCUT2D eigenvalue weighted by molar-refractivity contribution is 5.86. The molecule has 1 aromatic heterocycles. The zero-order valence-electron chi connectivity index (χ0n) is 13.6. The second kappa shape index (κ2) is 11.3. The van der Waals surface area contributed by atoms with Gasteiger partial charge in [0, 0.05) is 38.9 Å². The molecular formula is C15H28Cl3N5. The van der Waals surface area contributed by atoms with Crippen molar-refractivity contribution in [2.24, 2.45) is 5.92 Å². The summed E-state index contributed by atoms with van der Waals surface area (Å²) >= 11 is 0. The predicted octanol–water partition coefficient (Wildman–Crippen LogP) is 2.17. The third-order valence-electron chi connectivity index (χ3n) is 4.43. The lowest BCUT2D eigenvalue weighted by molar-refractivity contribution is 0.196. The fourth-order valence-electron chi connectivity index (χ4n) is 3.21. The summed E-state index contributed by atoms with van der Waals surface area (Å²) in [5, 5.41) is 3.44. The molecule has 1 aromatic rings. The Morgan fingerprint density at radius 2 is 1.74 bits per heavy atom. The van der Waals surface area contributed by atoms with E-state index < -0.39 is 0 Å². The van der Waals surface area contributed by atoms with Crippen molar-refractivity contribution >= 4 is 43.0 Å². The van der Waals surface area contributed by atoms with Crippen molar-refractivity contribution in [2.75, 3.05) is 50.7 Å². The molecule has 8 heteroatoms. The Balaban J connectivity index is 0.00000161. The predicted molar refractivity (Wildman–Crippen MR) is 103 cm³/mol. The lowest BCUT2D eigenvalue weighted by atomic mass is 9.97. The lowest BCUT2D eigenvalue weighted by Crippen LogP contribution is -2.48. The molecule has 2 aliphatic rings. The first kappa shape index (κ1) is 22.7. The highest BCUT2D eigenvalue weighted by atomic mass is 35.5. The van der Waals surface area contributed by atoms with Gasteiger partial charge in [-0.2, -0.15) is 0 Å². The summed E-state index contributed by atoms with van der Waals surface area (Å²) in [5.41, 5.74) is 0. The molecule has 0 aliphatic carbocycles. The maximum absolute atomic E-state index is 4.53. The molecule has 134 valence electrons. The number of rotatable bonds is 3. The van der Waals surface area contributed by atoms with Crippen LogP contribution in [-0.4, -0.2) is 60.7 Å². The summed E-state index contributed by atoms with van der Waals surface area (Å²) in [7, 11) is 0. The van der Waals surface area contributed by atoms with Crippen LogP contribution in [0.3, 0.4) is 0 Å². The number of piperidine rings is 1. The van der Waals surface area contributed by atoms with E-state index in [1.165, 1.54) is 32.5 Å². The molecule has 0 aromatic carbocycles. The van der Waals surface area contributed by atoms with E-state index in [0.29, 0.717) is 0 Å². The third-order valence-corrected chi connectivity index (χ3v) is 4.43. The van der Waals surface area contributed by atoms with Crippen LogP contribution >= 0.6 is 37.2 Å². The topological polar surface area (TPSA) is 44.3 Å². The second-order valence-corrected chi connectivity index (χ2v) is 5.94. The molecule has 0 atom stereocenters. The summed E-state index contributed by atoms with van der Waals surface area (Å²) in [6.07, 6.45) is 4.54. The second-order valence-electron chi connectivity index (χ2n) is 5.94. The number of aromatic nitrogens is 2. The molecular weight excluding hydrogens is 357 g/mol. The van der Waals surface area contributed by atoms with E-state index >= 15 is 0 Å². The van der Waals surface area contributed by atoms with E-state index in [0.717, 1.165) is 43.7 Å². The minimum Gasteiger partial charge on any atom is -0.354 e. The van der Waals surface area contributed by atoms with Gasteiger partial charge in [0.25, 0.3) is 0 Å².